The molecule has 2 unspecified atom stereocenters. The first-order valence-electron chi connectivity index (χ1n) is 6.28. The van der Waals surface area contributed by atoms with Gasteiger partial charge in [-0.2, -0.15) is 0 Å². The Morgan fingerprint density at radius 3 is 2.94 bits per heavy atom. The topological polar surface area (TPSA) is 75.9 Å². The highest BCUT2D eigenvalue weighted by molar-refractivity contribution is 5.94. The van der Waals surface area contributed by atoms with Crippen molar-refractivity contribution in [2.75, 3.05) is 0 Å². The van der Waals surface area contributed by atoms with Crippen molar-refractivity contribution in [3.63, 3.8) is 0 Å². The summed E-state index contributed by atoms with van der Waals surface area (Å²) in [6.07, 6.45) is 5.10. The van der Waals surface area contributed by atoms with Gasteiger partial charge >= 0.3 is 0 Å². The van der Waals surface area contributed by atoms with Gasteiger partial charge in [0.25, 0.3) is 0 Å². The molecule has 2 aliphatic carbocycles. The molecule has 0 radical (unpaired) electrons. The standard InChI is InChI=1S/C14H16N2O2/c1-7-2-8-4-9(3-7)13-10(14(15)18)6-12(17)16-11(13)5-8/h2,6,8-9H,3-5H2,1H3,(H2,15,18)(H,16,17). The molecule has 0 spiro atoms. The van der Waals surface area contributed by atoms with Crippen molar-refractivity contribution in [3.05, 3.63) is 44.9 Å². The number of H-pyrrole nitrogens is 1. The van der Waals surface area contributed by atoms with Crippen LogP contribution >= 0.6 is 0 Å². The third kappa shape index (κ3) is 1.68. The molecule has 1 aromatic rings. The van der Waals surface area contributed by atoms with Gasteiger partial charge in [0.2, 0.25) is 11.5 Å². The number of hydrogen-bond acceptors (Lipinski definition) is 2. The minimum absolute atomic E-state index is 0.233. The van der Waals surface area contributed by atoms with Gasteiger partial charge in [0.1, 0.15) is 0 Å². The molecule has 94 valence electrons. The summed E-state index contributed by atoms with van der Waals surface area (Å²) in [5.74, 6) is 0.307. The number of amides is 1. The fourth-order valence-electron chi connectivity index (χ4n) is 3.45. The summed E-state index contributed by atoms with van der Waals surface area (Å²) in [5, 5.41) is 0. The van der Waals surface area contributed by atoms with Gasteiger partial charge in [0, 0.05) is 17.3 Å². The average molecular weight is 244 g/mol. The Morgan fingerprint density at radius 1 is 1.44 bits per heavy atom. The Hall–Kier alpha value is -1.84. The number of hydrogen-bond donors (Lipinski definition) is 2. The monoisotopic (exact) mass is 244 g/mol. The van der Waals surface area contributed by atoms with Crippen LogP contribution in [-0.2, 0) is 6.42 Å². The Labute approximate surface area is 105 Å². The van der Waals surface area contributed by atoms with Gasteiger partial charge in [-0.3, -0.25) is 9.59 Å². The van der Waals surface area contributed by atoms with Crippen LogP contribution in [0.1, 0.15) is 47.3 Å². The van der Waals surface area contributed by atoms with E-state index < -0.39 is 5.91 Å². The average Bonchev–Trinajstić information content (AvgIpc) is 2.26. The summed E-state index contributed by atoms with van der Waals surface area (Å²) in [6, 6.07) is 1.34. The quantitative estimate of drug-likeness (QED) is 0.734. The van der Waals surface area contributed by atoms with Gasteiger partial charge in [-0.25, -0.2) is 0 Å². The van der Waals surface area contributed by atoms with E-state index in [0.29, 0.717) is 17.4 Å². The number of carbonyl (C=O) groups excluding carboxylic acids is 1. The second kappa shape index (κ2) is 3.83. The number of aromatic nitrogens is 1. The van der Waals surface area contributed by atoms with Crippen LogP contribution in [0.4, 0.5) is 0 Å². The number of primary amides is 1. The van der Waals surface area contributed by atoms with Crippen molar-refractivity contribution >= 4 is 5.91 Å². The van der Waals surface area contributed by atoms with E-state index in [1.54, 1.807) is 0 Å². The maximum atomic E-state index is 11.6. The molecule has 4 nitrogen and oxygen atoms in total. The minimum Gasteiger partial charge on any atom is -0.366 e. The largest absolute Gasteiger partial charge is 0.366 e. The SMILES string of the molecule is CC1=CC2Cc3[nH]c(=O)cc(C(N)=O)c3C(C1)C2. The molecule has 2 aliphatic rings. The number of pyridine rings is 1. The molecule has 2 atom stereocenters. The lowest BCUT2D eigenvalue weighted by atomic mass is 9.70. The molecular weight excluding hydrogens is 228 g/mol. The van der Waals surface area contributed by atoms with E-state index in [4.69, 9.17) is 5.73 Å². The first-order chi connectivity index (χ1) is 8.54. The molecule has 1 amide bonds. The predicted octanol–water partition coefficient (Wildman–Crippen LogP) is 1.47. The number of carbonyl (C=O) groups is 1. The Morgan fingerprint density at radius 2 is 2.22 bits per heavy atom. The molecule has 3 rings (SSSR count). The lowest BCUT2D eigenvalue weighted by molar-refractivity contribution is 0.0998. The van der Waals surface area contributed by atoms with Crippen LogP contribution in [0.5, 0.6) is 0 Å². The van der Waals surface area contributed by atoms with E-state index in [2.05, 4.69) is 18.0 Å². The number of fused-ring (bicyclic) bond motifs is 4. The van der Waals surface area contributed by atoms with E-state index in [9.17, 15) is 9.59 Å². The molecule has 0 aromatic carbocycles. The van der Waals surface area contributed by atoms with Crippen molar-refractivity contribution in [3.8, 4) is 0 Å². The molecule has 1 heterocycles. The minimum atomic E-state index is -0.497. The van der Waals surface area contributed by atoms with Gasteiger partial charge in [-0.1, -0.05) is 11.6 Å². The van der Waals surface area contributed by atoms with Crippen LogP contribution in [0, 0.1) is 5.92 Å². The zero-order valence-electron chi connectivity index (χ0n) is 10.3. The van der Waals surface area contributed by atoms with Crippen molar-refractivity contribution in [2.45, 2.75) is 32.1 Å². The lowest BCUT2D eigenvalue weighted by Gasteiger charge is -2.35. The zero-order chi connectivity index (χ0) is 12.9. The van der Waals surface area contributed by atoms with Crippen molar-refractivity contribution in [2.24, 2.45) is 11.7 Å². The zero-order valence-corrected chi connectivity index (χ0v) is 10.3. The van der Waals surface area contributed by atoms with Gasteiger partial charge in [-0.15, -0.1) is 0 Å². The molecule has 0 aliphatic heterocycles. The number of allylic oxidation sites excluding steroid dienone is 2. The molecule has 4 heteroatoms. The van der Waals surface area contributed by atoms with Gasteiger partial charge in [0.05, 0.1) is 0 Å². The summed E-state index contributed by atoms with van der Waals surface area (Å²) in [5.41, 5.74) is 8.83. The molecule has 1 aromatic heterocycles. The first kappa shape index (κ1) is 11.3. The van der Waals surface area contributed by atoms with Gasteiger partial charge < -0.3 is 10.7 Å². The summed E-state index contributed by atoms with van der Waals surface area (Å²) in [7, 11) is 0. The molecule has 18 heavy (non-hydrogen) atoms. The van der Waals surface area contributed by atoms with Crippen LogP contribution in [0.3, 0.4) is 0 Å². The third-order valence-electron chi connectivity index (χ3n) is 3.98. The first-order valence-corrected chi connectivity index (χ1v) is 6.28. The fourth-order valence-corrected chi connectivity index (χ4v) is 3.45. The fraction of sp³-hybridized carbons (Fsp3) is 0.429. The van der Waals surface area contributed by atoms with Crippen LogP contribution in [0.25, 0.3) is 0 Å². The van der Waals surface area contributed by atoms with Crippen molar-refractivity contribution < 1.29 is 4.79 Å². The number of aromatic amines is 1. The van der Waals surface area contributed by atoms with E-state index >= 15 is 0 Å². The van der Waals surface area contributed by atoms with E-state index in [-0.39, 0.29) is 5.56 Å². The third-order valence-corrected chi connectivity index (χ3v) is 3.98. The normalized spacial score (nSPS) is 25.3. The van der Waals surface area contributed by atoms with E-state index in [1.807, 2.05) is 0 Å². The maximum Gasteiger partial charge on any atom is 0.249 e. The highest BCUT2D eigenvalue weighted by atomic mass is 16.1. The van der Waals surface area contributed by atoms with Crippen LogP contribution < -0.4 is 11.3 Å². The molecule has 0 saturated carbocycles. The predicted molar refractivity (Wildman–Crippen MR) is 68.5 cm³/mol. The Kier molecular flexibility index (Phi) is 2.40. The van der Waals surface area contributed by atoms with Gasteiger partial charge in [0.15, 0.2) is 0 Å². The molecule has 2 bridgehead atoms. The second-order valence-electron chi connectivity index (χ2n) is 5.42. The summed E-state index contributed by atoms with van der Waals surface area (Å²) in [4.78, 5) is 26.0. The van der Waals surface area contributed by atoms with E-state index in [0.717, 1.165) is 30.5 Å². The Bertz CT molecular complexity index is 613. The summed E-state index contributed by atoms with van der Waals surface area (Å²) in [6.45, 7) is 2.12. The summed E-state index contributed by atoms with van der Waals surface area (Å²) < 4.78 is 0. The van der Waals surface area contributed by atoms with Gasteiger partial charge in [-0.05, 0) is 43.6 Å². The molecular formula is C14H16N2O2. The highest BCUT2D eigenvalue weighted by Crippen LogP contribution is 2.43. The highest BCUT2D eigenvalue weighted by Gasteiger charge is 2.33. The smallest absolute Gasteiger partial charge is 0.249 e. The number of nitrogens with two attached hydrogens (primary N) is 1. The molecule has 0 fully saturated rings. The van der Waals surface area contributed by atoms with Crippen molar-refractivity contribution in [1.29, 1.82) is 0 Å². The van der Waals surface area contributed by atoms with E-state index in [1.165, 1.54) is 11.6 Å². The van der Waals surface area contributed by atoms with Crippen LogP contribution in [-0.4, -0.2) is 10.9 Å². The lowest BCUT2D eigenvalue weighted by Crippen LogP contribution is -2.30. The Balaban J connectivity index is 2.20. The molecule has 0 saturated heterocycles. The maximum absolute atomic E-state index is 11.6. The van der Waals surface area contributed by atoms with Crippen LogP contribution in [0.2, 0.25) is 0 Å². The van der Waals surface area contributed by atoms with Crippen molar-refractivity contribution in [1.82, 2.24) is 4.98 Å². The molecule has 3 N–H and O–H groups in total. The summed E-state index contributed by atoms with van der Waals surface area (Å²) >= 11 is 0. The van der Waals surface area contributed by atoms with Crippen LogP contribution in [0.15, 0.2) is 22.5 Å². The second-order valence-corrected chi connectivity index (χ2v) is 5.42. The number of rotatable bonds is 1. The number of nitrogens with one attached hydrogen (secondary N) is 1.